The van der Waals surface area contributed by atoms with Crippen LogP contribution in [0, 0.1) is 5.82 Å². The first-order chi connectivity index (χ1) is 8.16. The highest BCUT2D eigenvalue weighted by atomic mass is 35.5. The van der Waals surface area contributed by atoms with Crippen molar-refractivity contribution in [2.24, 2.45) is 0 Å². The lowest BCUT2D eigenvalue weighted by Crippen LogP contribution is -2.17. The molecule has 0 spiro atoms. The predicted octanol–water partition coefficient (Wildman–Crippen LogP) is 4.39. The first-order valence-corrected chi connectivity index (χ1v) is 6.63. The molecule has 17 heavy (non-hydrogen) atoms. The van der Waals surface area contributed by atoms with E-state index >= 15 is 0 Å². The lowest BCUT2D eigenvalue weighted by molar-refractivity contribution is 0.580. The number of thiophene rings is 1. The molecule has 1 aromatic heterocycles. The van der Waals surface area contributed by atoms with Gasteiger partial charge in [0, 0.05) is 22.5 Å². The summed E-state index contributed by atoms with van der Waals surface area (Å²) in [5.41, 5.74) is 0.913. The number of benzene rings is 1. The van der Waals surface area contributed by atoms with Gasteiger partial charge in [-0.05, 0) is 36.1 Å². The monoisotopic (exact) mass is 269 g/mol. The van der Waals surface area contributed by atoms with E-state index in [-0.39, 0.29) is 11.9 Å². The fourth-order valence-corrected chi connectivity index (χ4v) is 2.56. The van der Waals surface area contributed by atoms with E-state index in [1.807, 2.05) is 6.07 Å². The van der Waals surface area contributed by atoms with Gasteiger partial charge in [0.1, 0.15) is 5.82 Å². The number of rotatable bonds is 4. The van der Waals surface area contributed by atoms with Gasteiger partial charge in [0.05, 0.1) is 0 Å². The second-order valence-electron chi connectivity index (χ2n) is 3.85. The number of nitrogens with one attached hydrogen (secondary N) is 1. The van der Waals surface area contributed by atoms with Crippen molar-refractivity contribution in [1.82, 2.24) is 5.32 Å². The lowest BCUT2D eigenvalue weighted by atomic mass is 10.2. The van der Waals surface area contributed by atoms with Gasteiger partial charge >= 0.3 is 0 Å². The lowest BCUT2D eigenvalue weighted by Gasteiger charge is -2.12. The van der Waals surface area contributed by atoms with Crippen molar-refractivity contribution < 1.29 is 4.39 Å². The molecule has 1 atom stereocenters. The van der Waals surface area contributed by atoms with E-state index in [4.69, 9.17) is 11.6 Å². The van der Waals surface area contributed by atoms with Gasteiger partial charge in [0.15, 0.2) is 0 Å². The van der Waals surface area contributed by atoms with Gasteiger partial charge in [0.25, 0.3) is 0 Å². The largest absolute Gasteiger partial charge is 0.305 e. The summed E-state index contributed by atoms with van der Waals surface area (Å²) in [5, 5.41) is 5.89. The summed E-state index contributed by atoms with van der Waals surface area (Å²) in [5.74, 6) is -0.301. The van der Waals surface area contributed by atoms with Gasteiger partial charge in [0.2, 0.25) is 0 Å². The molecule has 90 valence electrons. The minimum Gasteiger partial charge on any atom is -0.305 e. The molecule has 1 unspecified atom stereocenters. The van der Waals surface area contributed by atoms with Gasteiger partial charge in [-0.15, -0.1) is 11.3 Å². The third kappa shape index (κ3) is 3.28. The molecule has 4 heteroatoms. The predicted molar refractivity (Wildman–Crippen MR) is 71.0 cm³/mol. The summed E-state index contributed by atoms with van der Waals surface area (Å²) in [6.07, 6.45) is 0. The highest BCUT2D eigenvalue weighted by molar-refractivity contribution is 7.10. The van der Waals surface area contributed by atoms with Crippen LogP contribution in [0.25, 0.3) is 0 Å². The second kappa shape index (κ2) is 5.63. The molecule has 0 saturated carbocycles. The van der Waals surface area contributed by atoms with Crippen molar-refractivity contribution in [2.75, 3.05) is 0 Å². The normalized spacial score (nSPS) is 12.6. The minimum atomic E-state index is -0.301. The Morgan fingerprint density at radius 2 is 2.24 bits per heavy atom. The third-order valence-corrected chi connectivity index (χ3v) is 3.99. The first kappa shape index (κ1) is 12.6. The molecule has 1 N–H and O–H groups in total. The highest BCUT2D eigenvalue weighted by Gasteiger charge is 2.07. The van der Waals surface area contributed by atoms with Crippen molar-refractivity contribution in [3.05, 3.63) is 57.0 Å². The molecule has 0 aliphatic carbocycles. The molecule has 0 bridgehead atoms. The number of hydrogen-bond acceptors (Lipinski definition) is 2. The van der Waals surface area contributed by atoms with Gasteiger partial charge in [-0.1, -0.05) is 23.7 Å². The van der Waals surface area contributed by atoms with Gasteiger partial charge < -0.3 is 5.32 Å². The SMILES string of the molecule is CC(NCc1ccc(F)cc1Cl)c1cccs1. The van der Waals surface area contributed by atoms with Crippen LogP contribution in [0.1, 0.15) is 23.4 Å². The van der Waals surface area contributed by atoms with Crippen molar-refractivity contribution in [3.63, 3.8) is 0 Å². The van der Waals surface area contributed by atoms with Crippen LogP contribution in [0.5, 0.6) is 0 Å². The molecule has 2 rings (SSSR count). The van der Waals surface area contributed by atoms with E-state index in [0.717, 1.165) is 5.56 Å². The number of halogens is 2. The molecule has 1 aromatic carbocycles. The standard InChI is InChI=1S/C13H13ClFNS/c1-9(13-3-2-6-17-13)16-8-10-4-5-11(15)7-12(10)14/h2-7,9,16H,8H2,1H3. The van der Waals surface area contributed by atoms with Crippen molar-refractivity contribution >= 4 is 22.9 Å². The van der Waals surface area contributed by atoms with E-state index in [0.29, 0.717) is 11.6 Å². The zero-order chi connectivity index (χ0) is 12.3. The van der Waals surface area contributed by atoms with Crippen LogP contribution < -0.4 is 5.32 Å². The molecule has 0 saturated heterocycles. The molecule has 0 aliphatic heterocycles. The zero-order valence-corrected chi connectivity index (χ0v) is 11.0. The first-order valence-electron chi connectivity index (χ1n) is 5.37. The van der Waals surface area contributed by atoms with E-state index in [1.165, 1.54) is 17.0 Å². The molecule has 0 radical (unpaired) electrons. The Morgan fingerprint density at radius 3 is 2.88 bits per heavy atom. The summed E-state index contributed by atoms with van der Waals surface area (Å²) in [7, 11) is 0. The van der Waals surface area contributed by atoms with Crippen molar-refractivity contribution in [1.29, 1.82) is 0 Å². The van der Waals surface area contributed by atoms with Crippen molar-refractivity contribution in [3.8, 4) is 0 Å². The summed E-state index contributed by atoms with van der Waals surface area (Å²) >= 11 is 7.68. The Bertz CT molecular complexity index is 484. The summed E-state index contributed by atoms with van der Waals surface area (Å²) in [4.78, 5) is 1.28. The average Bonchev–Trinajstić information content (AvgIpc) is 2.81. The molecule has 0 aliphatic rings. The maximum atomic E-state index is 12.9. The summed E-state index contributed by atoms with van der Waals surface area (Å²) in [6, 6.07) is 8.88. The van der Waals surface area contributed by atoms with Crippen LogP contribution in [0.2, 0.25) is 5.02 Å². The maximum Gasteiger partial charge on any atom is 0.124 e. The zero-order valence-electron chi connectivity index (χ0n) is 9.41. The summed E-state index contributed by atoms with van der Waals surface area (Å²) < 4.78 is 12.9. The highest BCUT2D eigenvalue weighted by Crippen LogP contribution is 2.21. The van der Waals surface area contributed by atoms with E-state index in [1.54, 1.807) is 17.4 Å². The summed E-state index contributed by atoms with van der Waals surface area (Å²) in [6.45, 7) is 2.74. The smallest absolute Gasteiger partial charge is 0.124 e. The van der Waals surface area contributed by atoms with E-state index in [2.05, 4.69) is 23.7 Å². The van der Waals surface area contributed by atoms with Crippen LogP contribution in [-0.4, -0.2) is 0 Å². The van der Waals surface area contributed by atoms with Crippen LogP contribution in [0.15, 0.2) is 35.7 Å². The van der Waals surface area contributed by atoms with Gasteiger partial charge in [-0.2, -0.15) is 0 Å². The molecule has 1 nitrogen and oxygen atoms in total. The quantitative estimate of drug-likeness (QED) is 0.868. The molecule has 0 amide bonds. The molecule has 0 fully saturated rings. The van der Waals surface area contributed by atoms with Crippen LogP contribution >= 0.6 is 22.9 Å². The molecule has 1 heterocycles. The van der Waals surface area contributed by atoms with Crippen LogP contribution in [0.3, 0.4) is 0 Å². The average molecular weight is 270 g/mol. The Balaban J connectivity index is 1.98. The van der Waals surface area contributed by atoms with E-state index < -0.39 is 0 Å². The van der Waals surface area contributed by atoms with Crippen LogP contribution in [-0.2, 0) is 6.54 Å². The Kier molecular flexibility index (Phi) is 4.15. The van der Waals surface area contributed by atoms with Gasteiger partial charge in [-0.25, -0.2) is 4.39 Å². The topological polar surface area (TPSA) is 12.0 Å². The van der Waals surface area contributed by atoms with Crippen molar-refractivity contribution in [2.45, 2.75) is 19.5 Å². The number of hydrogen-bond donors (Lipinski definition) is 1. The van der Waals surface area contributed by atoms with E-state index in [9.17, 15) is 4.39 Å². The fourth-order valence-electron chi connectivity index (χ4n) is 1.57. The maximum absolute atomic E-state index is 12.9. The Hall–Kier alpha value is -0.900. The molecular formula is C13H13ClFNS. The minimum absolute atomic E-state index is 0.274. The molecular weight excluding hydrogens is 257 g/mol. The Morgan fingerprint density at radius 1 is 1.41 bits per heavy atom. The van der Waals surface area contributed by atoms with Gasteiger partial charge in [-0.3, -0.25) is 0 Å². The molecule has 2 aromatic rings. The fraction of sp³-hybridized carbons (Fsp3) is 0.231. The Labute approximate surface area is 109 Å². The second-order valence-corrected chi connectivity index (χ2v) is 5.24. The third-order valence-electron chi connectivity index (χ3n) is 2.58. The van der Waals surface area contributed by atoms with Crippen LogP contribution in [0.4, 0.5) is 4.39 Å².